The third kappa shape index (κ3) is 18.3. The Morgan fingerprint density at radius 1 is 1.19 bits per heavy atom. The highest BCUT2D eigenvalue weighted by Crippen LogP contribution is 2.02. The van der Waals surface area contributed by atoms with E-state index in [2.05, 4.69) is 31.4 Å². The SMILES string of the molecule is C=CCC([NH3+])CC=C.CCOS(=O)(=O)[O-].O=C1C=CC(=O)OS(=O)(=O)O1. The zero-order valence-electron chi connectivity index (χ0n) is 14.0. The van der Waals surface area contributed by atoms with Gasteiger partial charge in [-0.15, -0.1) is 21.6 Å². The molecular formula is C13H21NO10S2. The minimum atomic E-state index is -4.48. The fourth-order valence-corrected chi connectivity index (χ4v) is 1.96. The topological polar surface area (TPSA) is 181 Å². The Balaban J connectivity index is 0. The van der Waals surface area contributed by atoms with Crippen molar-refractivity contribution in [3.63, 3.8) is 0 Å². The predicted octanol–water partition coefficient (Wildman–Crippen LogP) is -0.880. The molecule has 11 nitrogen and oxygen atoms in total. The van der Waals surface area contributed by atoms with Gasteiger partial charge in [-0.25, -0.2) is 18.0 Å². The maximum Gasteiger partial charge on any atom is 0.506 e. The zero-order valence-corrected chi connectivity index (χ0v) is 15.7. The van der Waals surface area contributed by atoms with Crippen LogP contribution in [-0.4, -0.2) is 46.0 Å². The van der Waals surface area contributed by atoms with Crippen molar-refractivity contribution in [2.24, 2.45) is 0 Å². The van der Waals surface area contributed by atoms with Gasteiger partial charge in [-0.1, -0.05) is 12.2 Å². The molecule has 0 radical (unpaired) electrons. The molecule has 0 saturated carbocycles. The molecule has 0 fully saturated rings. The Kier molecular flexibility index (Phi) is 13.3. The summed E-state index contributed by atoms with van der Waals surface area (Å²) in [5, 5.41) is 0. The predicted molar refractivity (Wildman–Crippen MR) is 87.9 cm³/mol. The molecule has 1 rings (SSSR count). The lowest BCUT2D eigenvalue weighted by Crippen LogP contribution is -2.60. The van der Waals surface area contributed by atoms with Crippen LogP contribution in [0, 0.1) is 0 Å². The molecule has 0 bridgehead atoms. The molecule has 3 N–H and O–H groups in total. The number of hydrogen-bond acceptors (Lipinski definition) is 10. The van der Waals surface area contributed by atoms with E-state index in [1.165, 1.54) is 6.92 Å². The Hall–Kier alpha value is -2.06. The first-order valence-electron chi connectivity index (χ1n) is 6.91. The van der Waals surface area contributed by atoms with Crippen molar-refractivity contribution >= 4 is 32.7 Å². The van der Waals surface area contributed by atoms with Crippen molar-refractivity contribution in [1.29, 1.82) is 0 Å². The lowest BCUT2D eigenvalue weighted by Gasteiger charge is -2.02. The molecule has 1 aliphatic rings. The van der Waals surface area contributed by atoms with E-state index in [-0.39, 0.29) is 6.61 Å². The molecule has 0 saturated heterocycles. The average molecular weight is 415 g/mol. The lowest BCUT2D eigenvalue weighted by atomic mass is 10.1. The molecule has 26 heavy (non-hydrogen) atoms. The van der Waals surface area contributed by atoms with Gasteiger partial charge in [-0.3, -0.25) is 4.18 Å². The third-order valence-electron chi connectivity index (χ3n) is 1.99. The van der Waals surface area contributed by atoms with Crippen LogP contribution >= 0.6 is 0 Å². The number of hydrogen-bond donors (Lipinski definition) is 1. The number of rotatable bonds is 6. The van der Waals surface area contributed by atoms with Crippen molar-refractivity contribution < 1.29 is 49.3 Å². The van der Waals surface area contributed by atoms with E-state index in [1.807, 2.05) is 12.2 Å². The van der Waals surface area contributed by atoms with E-state index in [0.29, 0.717) is 18.2 Å². The Morgan fingerprint density at radius 2 is 1.58 bits per heavy atom. The molecule has 0 unspecified atom stereocenters. The highest BCUT2D eigenvalue weighted by Gasteiger charge is 2.23. The summed E-state index contributed by atoms with van der Waals surface area (Å²) in [6.45, 7) is 8.55. The van der Waals surface area contributed by atoms with Gasteiger partial charge in [0.15, 0.2) is 0 Å². The molecule has 0 atom stereocenters. The molecule has 0 aliphatic carbocycles. The third-order valence-corrected chi connectivity index (χ3v) is 3.25. The quantitative estimate of drug-likeness (QED) is 0.325. The van der Waals surface area contributed by atoms with E-state index >= 15 is 0 Å². The van der Waals surface area contributed by atoms with Crippen LogP contribution < -0.4 is 5.73 Å². The van der Waals surface area contributed by atoms with Crippen molar-refractivity contribution in [3.05, 3.63) is 37.5 Å². The maximum absolute atomic E-state index is 10.4. The fourth-order valence-electron chi connectivity index (χ4n) is 1.12. The van der Waals surface area contributed by atoms with Gasteiger partial charge in [-0.2, -0.15) is 0 Å². The number of carbonyl (C=O) groups excluding carboxylic acids is 2. The highest BCUT2D eigenvalue weighted by molar-refractivity contribution is 7.82. The molecular weight excluding hydrogens is 394 g/mol. The van der Waals surface area contributed by atoms with Gasteiger partial charge >= 0.3 is 22.3 Å². The second-order valence-electron chi connectivity index (χ2n) is 4.28. The summed E-state index contributed by atoms with van der Waals surface area (Å²) in [7, 11) is -8.90. The van der Waals surface area contributed by atoms with E-state index in [1.54, 1.807) is 0 Å². The Morgan fingerprint density at radius 3 is 1.81 bits per heavy atom. The van der Waals surface area contributed by atoms with Crippen molar-refractivity contribution in [1.82, 2.24) is 0 Å². The lowest BCUT2D eigenvalue weighted by molar-refractivity contribution is -0.417. The number of carbonyl (C=O) groups is 2. The summed E-state index contributed by atoms with van der Waals surface area (Å²) in [6.07, 6.45) is 7.08. The van der Waals surface area contributed by atoms with Crippen molar-refractivity contribution in [2.45, 2.75) is 25.8 Å². The summed E-state index contributed by atoms with van der Waals surface area (Å²) in [5.74, 6) is -2.31. The Bertz CT molecular complexity index is 673. The normalized spacial score (nSPS) is 15.2. The maximum atomic E-state index is 10.4. The van der Waals surface area contributed by atoms with Crippen LogP contribution in [0.5, 0.6) is 0 Å². The van der Waals surface area contributed by atoms with Gasteiger partial charge in [0, 0.05) is 25.0 Å². The minimum absolute atomic E-state index is 0.0914. The first-order valence-corrected chi connectivity index (χ1v) is 9.58. The summed E-state index contributed by atoms with van der Waals surface area (Å²) >= 11 is 0. The highest BCUT2D eigenvalue weighted by atomic mass is 32.3. The van der Waals surface area contributed by atoms with Crippen LogP contribution in [0.2, 0.25) is 0 Å². The van der Waals surface area contributed by atoms with Gasteiger partial charge in [0.2, 0.25) is 10.4 Å². The summed E-state index contributed by atoms with van der Waals surface area (Å²) in [5.41, 5.74) is 3.88. The van der Waals surface area contributed by atoms with Crippen molar-refractivity contribution in [2.75, 3.05) is 6.61 Å². The summed E-state index contributed by atoms with van der Waals surface area (Å²) in [6, 6.07) is 0.477. The van der Waals surface area contributed by atoms with E-state index in [9.17, 15) is 31.0 Å². The second-order valence-corrected chi connectivity index (χ2v) is 6.48. The van der Waals surface area contributed by atoms with E-state index < -0.39 is 32.7 Å². The standard InChI is InChI=1S/C7H13N.C4H2O6S.C2H6O4S/c1-3-5-7(8)6-4-2;5-3-1-2-4(6)10-11(7,8)9-3;1-2-6-7(3,4)5/h3-4,7H,1-2,5-6,8H2;1-2H;2H2,1H3,(H,3,4,5). The van der Waals surface area contributed by atoms with Crippen LogP contribution in [0.4, 0.5) is 0 Å². The second kappa shape index (κ2) is 13.2. The van der Waals surface area contributed by atoms with Crippen molar-refractivity contribution in [3.8, 4) is 0 Å². The molecule has 1 heterocycles. The smallest absolute Gasteiger partial charge is 0.506 e. The number of quaternary nitrogens is 1. The van der Waals surface area contributed by atoms with Gasteiger partial charge in [0.05, 0.1) is 12.6 Å². The molecule has 0 aromatic carbocycles. The summed E-state index contributed by atoms with van der Waals surface area (Å²) < 4.78 is 60.1. The van der Waals surface area contributed by atoms with Crippen LogP contribution in [0.15, 0.2) is 37.5 Å². The first-order chi connectivity index (χ1) is 11.9. The molecule has 13 heteroatoms. The largest absolute Gasteiger partial charge is 0.726 e. The van der Waals surface area contributed by atoms with Crippen LogP contribution in [0.25, 0.3) is 0 Å². The molecule has 0 aromatic rings. The van der Waals surface area contributed by atoms with Gasteiger partial charge in [-0.05, 0) is 6.92 Å². The molecule has 0 aromatic heterocycles. The van der Waals surface area contributed by atoms with Crippen LogP contribution in [0.1, 0.15) is 19.8 Å². The fraction of sp³-hybridized carbons (Fsp3) is 0.385. The van der Waals surface area contributed by atoms with E-state index in [0.717, 1.165) is 12.8 Å². The molecule has 1 aliphatic heterocycles. The first kappa shape index (κ1) is 26.2. The van der Waals surface area contributed by atoms with Gasteiger partial charge < -0.3 is 18.7 Å². The molecule has 150 valence electrons. The van der Waals surface area contributed by atoms with E-state index in [4.69, 9.17) is 0 Å². The summed E-state index contributed by atoms with van der Waals surface area (Å²) in [4.78, 5) is 20.6. The van der Waals surface area contributed by atoms with Crippen LogP contribution in [-0.2, 0) is 42.9 Å². The van der Waals surface area contributed by atoms with Crippen LogP contribution in [0.3, 0.4) is 0 Å². The average Bonchev–Trinajstić information content (AvgIpc) is 2.56. The van der Waals surface area contributed by atoms with Gasteiger partial charge in [0.1, 0.15) is 0 Å². The molecule has 0 amide bonds. The monoisotopic (exact) mass is 415 g/mol. The van der Waals surface area contributed by atoms with Gasteiger partial charge in [0.25, 0.3) is 0 Å². The molecule has 0 spiro atoms. The zero-order chi connectivity index (χ0) is 20.8. The Labute approximate surface area is 152 Å². The minimum Gasteiger partial charge on any atom is -0.726 e.